The Morgan fingerprint density at radius 1 is 1.45 bits per heavy atom. The van der Waals surface area contributed by atoms with Gasteiger partial charge in [0.15, 0.2) is 6.61 Å². The summed E-state index contributed by atoms with van der Waals surface area (Å²) in [6.07, 6.45) is 0.630. The Morgan fingerprint density at radius 3 is 2.91 bits per heavy atom. The molecule has 0 aliphatic carbocycles. The van der Waals surface area contributed by atoms with Crippen molar-refractivity contribution < 1.29 is 18.3 Å². The molecule has 8 heteroatoms. The van der Waals surface area contributed by atoms with Crippen molar-refractivity contribution >= 4 is 23.5 Å². The van der Waals surface area contributed by atoms with Crippen LogP contribution in [-0.4, -0.2) is 22.7 Å². The van der Waals surface area contributed by atoms with Gasteiger partial charge in [0, 0.05) is 6.42 Å². The van der Waals surface area contributed by atoms with Crippen LogP contribution in [0.1, 0.15) is 19.7 Å². The van der Waals surface area contributed by atoms with Crippen LogP contribution in [0.15, 0.2) is 22.6 Å². The zero-order valence-corrected chi connectivity index (χ0v) is 12.9. The fourth-order valence-electron chi connectivity index (χ4n) is 1.63. The molecule has 0 radical (unpaired) electrons. The van der Waals surface area contributed by atoms with Gasteiger partial charge in [-0.3, -0.25) is 10.1 Å². The standard InChI is InChI=1S/C14H15ClFN3O3/c1-8(2)5-13-18-19-14(22-13)17-12(20)7-21-11-4-3-9(16)6-10(11)15/h3-4,6,8H,5,7H2,1-2H3,(H,17,19,20). The molecule has 0 aliphatic rings. The summed E-state index contributed by atoms with van der Waals surface area (Å²) in [5.74, 6) is 0.0653. The molecule has 0 saturated heterocycles. The van der Waals surface area contributed by atoms with Gasteiger partial charge in [0.1, 0.15) is 11.6 Å². The van der Waals surface area contributed by atoms with Gasteiger partial charge in [-0.1, -0.05) is 30.5 Å². The Hall–Kier alpha value is -2.15. The van der Waals surface area contributed by atoms with E-state index in [0.717, 1.165) is 6.07 Å². The van der Waals surface area contributed by atoms with Gasteiger partial charge in [-0.25, -0.2) is 4.39 Å². The number of anilines is 1. The van der Waals surface area contributed by atoms with Crippen molar-refractivity contribution in [3.8, 4) is 5.75 Å². The third-order valence-corrected chi connectivity index (χ3v) is 2.84. The molecule has 0 fully saturated rings. The maximum absolute atomic E-state index is 12.9. The quantitative estimate of drug-likeness (QED) is 0.882. The van der Waals surface area contributed by atoms with Gasteiger partial charge in [0.2, 0.25) is 5.89 Å². The van der Waals surface area contributed by atoms with E-state index >= 15 is 0 Å². The van der Waals surface area contributed by atoms with Gasteiger partial charge in [-0.2, -0.15) is 0 Å². The Balaban J connectivity index is 1.86. The average molecular weight is 328 g/mol. The zero-order valence-electron chi connectivity index (χ0n) is 12.1. The van der Waals surface area contributed by atoms with Crippen molar-refractivity contribution in [1.82, 2.24) is 10.2 Å². The number of nitrogens with zero attached hydrogens (tertiary/aromatic N) is 2. The van der Waals surface area contributed by atoms with Crippen LogP contribution >= 0.6 is 11.6 Å². The predicted octanol–water partition coefficient (Wildman–Crippen LogP) is 3.08. The molecule has 1 aromatic heterocycles. The lowest BCUT2D eigenvalue weighted by Gasteiger charge is -2.07. The number of ether oxygens (including phenoxy) is 1. The van der Waals surface area contributed by atoms with Gasteiger partial charge in [0.05, 0.1) is 5.02 Å². The highest BCUT2D eigenvalue weighted by atomic mass is 35.5. The normalized spacial score (nSPS) is 10.8. The zero-order chi connectivity index (χ0) is 16.1. The van der Waals surface area contributed by atoms with Gasteiger partial charge in [-0.15, -0.1) is 5.10 Å². The molecule has 22 heavy (non-hydrogen) atoms. The molecule has 1 amide bonds. The number of nitrogens with one attached hydrogen (secondary N) is 1. The SMILES string of the molecule is CC(C)Cc1nnc(NC(=O)COc2ccc(F)cc2Cl)o1. The second-order valence-corrected chi connectivity index (χ2v) is 5.42. The molecule has 2 rings (SSSR count). The molecule has 0 aliphatic heterocycles. The molecule has 0 unspecified atom stereocenters. The monoisotopic (exact) mass is 327 g/mol. The lowest BCUT2D eigenvalue weighted by atomic mass is 10.1. The molecule has 1 N–H and O–H groups in total. The van der Waals surface area contributed by atoms with Crippen LogP contribution in [-0.2, 0) is 11.2 Å². The summed E-state index contributed by atoms with van der Waals surface area (Å²) < 4.78 is 23.3. The van der Waals surface area contributed by atoms with Gasteiger partial charge < -0.3 is 9.15 Å². The van der Waals surface area contributed by atoms with E-state index in [4.69, 9.17) is 20.8 Å². The number of aromatic nitrogens is 2. The molecule has 1 heterocycles. The predicted molar refractivity (Wildman–Crippen MR) is 78.4 cm³/mol. The van der Waals surface area contributed by atoms with Crippen LogP contribution in [0.3, 0.4) is 0 Å². The molecular formula is C14H15ClFN3O3. The van der Waals surface area contributed by atoms with E-state index in [2.05, 4.69) is 15.5 Å². The van der Waals surface area contributed by atoms with Crippen molar-refractivity contribution in [2.45, 2.75) is 20.3 Å². The molecule has 0 saturated carbocycles. The van der Waals surface area contributed by atoms with Gasteiger partial charge in [0.25, 0.3) is 5.91 Å². The summed E-state index contributed by atoms with van der Waals surface area (Å²) >= 11 is 5.79. The molecule has 1 aromatic carbocycles. The summed E-state index contributed by atoms with van der Waals surface area (Å²) in [6, 6.07) is 3.65. The minimum absolute atomic E-state index is 0.00875. The first kappa shape index (κ1) is 16.2. The largest absolute Gasteiger partial charge is 0.482 e. The van der Waals surface area contributed by atoms with E-state index in [1.54, 1.807) is 0 Å². The molecular weight excluding hydrogens is 313 g/mol. The number of carbonyl (C=O) groups is 1. The van der Waals surface area contributed by atoms with E-state index in [0.29, 0.717) is 18.2 Å². The Morgan fingerprint density at radius 2 is 2.23 bits per heavy atom. The van der Waals surface area contributed by atoms with Crippen LogP contribution in [0.4, 0.5) is 10.4 Å². The summed E-state index contributed by atoms with van der Waals surface area (Å²) in [7, 11) is 0. The highest BCUT2D eigenvalue weighted by molar-refractivity contribution is 6.32. The van der Waals surface area contributed by atoms with Crippen LogP contribution in [0.5, 0.6) is 5.75 Å². The number of amides is 1. The van der Waals surface area contributed by atoms with Crippen molar-refractivity contribution in [1.29, 1.82) is 0 Å². The van der Waals surface area contributed by atoms with Crippen molar-refractivity contribution in [2.75, 3.05) is 11.9 Å². The first-order chi connectivity index (χ1) is 10.4. The lowest BCUT2D eigenvalue weighted by Crippen LogP contribution is -2.20. The highest BCUT2D eigenvalue weighted by Gasteiger charge is 2.12. The molecule has 0 bridgehead atoms. The molecule has 0 atom stereocenters. The average Bonchev–Trinajstić information content (AvgIpc) is 2.84. The summed E-state index contributed by atoms with van der Waals surface area (Å²) in [6.45, 7) is 3.72. The minimum Gasteiger partial charge on any atom is -0.482 e. The third-order valence-electron chi connectivity index (χ3n) is 2.55. The summed E-state index contributed by atoms with van der Waals surface area (Å²) in [5.41, 5.74) is 0. The van der Waals surface area contributed by atoms with Crippen molar-refractivity contribution in [3.05, 3.63) is 34.9 Å². The molecule has 6 nitrogen and oxygen atoms in total. The number of hydrogen-bond donors (Lipinski definition) is 1. The summed E-state index contributed by atoms with van der Waals surface area (Å²) in [5, 5.41) is 10.0. The highest BCUT2D eigenvalue weighted by Crippen LogP contribution is 2.24. The summed E-state index contributed by atoms with van der Waals surface area (Å²) in [4.78, 5) is 11.7. The Bertz CT molecular complexity index is 661. The minimum atomic E-state index is -0.486. The van der Waals surface area contributed by atoms with Crippen LogP contribution < -0.4 is 10.1 Å². The van der Waals surface area contributed by atoms with Crippen molar-refractivity contribution in [2.24, 2.45) is 5.92 Å². The number of rotatable bonds is 6. The lowest BCUT2D eigenvalue weighted by molar-refractivity contribution is -0.118. The second-order valence-electron chi connectivity index (χ2n) is 5.01. The fraction of sp³-hybridized carbons (Fsp3) is 0.357. The first-order valence-electron chi connectivity index (χ1n) is 6.64. The smallest absolute Gasteiger partial charge is 0.322 e. The van der Waals surface area contributed by atoms with Crippen LogP contribution in [0, 0.1) is 11.7 Å². The topological polar surface area (TPSA) is 77.2 Å². The van der Waals surface area contributed by atoms with E-state index in [9.17, 15) is 9.18 Å². The van der Waals surface area contributed by atoms with Crippen LogP contribution in [0.25, 0.3) is 0 Å². The van der Waals surface area contributed by atoms with Crippen LogP contribution in [0.2, 0.25) is 5.02 Å². The molecule has 2 aromatic rings. The van der Waals surface area contributed by atoms with E-state index < -0.39 is 11.7 Å². The van der Waals surface area contributed by atoms with E-state index in [1.165, 1.54) is 12.1 Å². The Labute approximate surface area is 131 Å². The van der Waals surface area contributed by atoms with Gasteiger partial charge in [-0.05, 0) is 24.1 Å². The maximum atomic E-state index is 12.9. The van der Waals surface area contributed by atoms with E-state index in [1.807, 2.05) is 13.8 Å². The number of halogens is 2. The number of carbonyl (C=O) groups excluding carboxylic acids is 1. The Kier molecular flexibility index (Phi) is 5.32. The number of benzene rings is 1. The van der Waals surface area contributed by atoms with Gasteiger partial charge >= 0.3 is 6.01 Å². The first-order valence-corrected chi connectivity index (χ1v) is 7.02. The fourth-order valence-corrected chi connectivity index (χ4v) is 1.85. The maximum Gasteiger partial charge on any atom is 0.322 e. The molecule has 118 valence electrons. The van der Waals surface area contributed by atoms with E-state index in [-0.39, 0.29) is 23.4 Å². The third kappa shape index (κ3) is 4.70. The second kappa shape index (κ2) is 7.22. The number of hydrogen-bond acceptors (Lipinski definition) is 5. The molecule has 0 spiro atoms. The van der Waals surface area contributed by atoms with Crippen molar-refractivity contribution in [3.63, 3.8) is 0 Å².